The Morgan fingerprint density at radius 1 is 1.38 bits per heavy atom. The van der Waals surface area contributed by atoms with Crippen molar-refractivity contribution in [2.24, 2.45) is 0 Å². The summed E-state index contributed by atoms with van der Waals surface area (Å²) in [4.78, 5) is 0. The summed E-state index contributed by atoms with van der Waals surface area (Å²) in [5.74, 6) is 0. The Morgan fingerprint density at radius 3 is 2.38 bits per heavy atom. The van der Waals surface area contributed by atoms with Crippen LogP contribution in [-0.2, 0) is 14.9 Å². The smallest absolute Gasteiger partial charge is 0.389 e. The van der Waals surface area contributed by atoms with Crippen LogP contribution in [0.4, 0.5) is 13.2 Å². The van der Waals surface area contributed by atoms with Crippen LogP contribution in [0, 0.1) is 0 Å². The molecule has 16 heavy (non-hydrogen) atoms. The maximum atomic E-state index is 11.7. The molecule has 0 heterocycles. The molecular weight excluding hydrogens is 253 g/mol. The molecule has 0 bridgehead atoms. The van der Waals surface area contributed by atoms with E-state index in [4.69, 9.17) is 5.11 Å². The molecule has 0 spiro atoms. The van der Waals surface area contributed by atoms with Gasteiger partial charge < -0.3 is 9.84 Å². The van der Waals surface area contributed by atoms with Crippen molar-refractivity contribution in [1.29, 1.82) is 0 Å². The maximum absolute atomic E-state index is 11.7. The minimum atomic E-state index is -4.63. The second kappa shape index (κ2) is 6.35. The first-order chi connectivity index (χ1) is 7.16. The second-order valence-electron chi connectivity index (χ2n) is 2.90. The van der Waals surface area contributed by atoms with E-state index in [2.05, 4.69) is 4.74 Å². The summed E-state index contributed by atoms with van der Waals surface area (Å²) in [5.41, 5.74) is 0. The Kier molecular flexibility index (Phi) is 6.18. The monoisotopic (exact) mass is 266 g/mol. The molecule has 1 unspecified atom stereocenters. The lowest BCUT2D eigenvalue weighted by molar-refractivity contribution is -0.121. The van der Waals surface area contributed by atoms with Crippen LogP contribution in [0.5, 0.6) is 0 Å². The number of alkyl halides is 3. The summed E-state index contributed by atoms with van der Waals surface area (Å²) in [6.45, 7) is -2.22. The second-order valence-corrected chi connectivity index (χ2v) is 4.48. The number of nitrogens with one attached hydrogen (secondary N) is 2. The molecule has 6 nitrogen and oxygen atoms in total. The first kappa shape index (κ1) is 15.6. The molecule has 0 aliphatic rings. The molecule has 0 aromatic carbocycles. The van der Waals surface area contributed by atoms with Gasteiger partial charge in [0, 0.05) is 13.7 Å². The van der Waals surface area contributed by atoms with Crippen molar-refractivity contribution in [2.45, 2.75) is 12.3 Å². The Balaban J connectivity index is 3.97. The number of hydrogen-bond acceptors (Lipinski definition) is 4. The summed E-state index contributed by atoms with van der Waals surface area (Å²) >= 11 is 0. The molecule has 0 saturated heterocycles. The molecular formula is C6H13F3N2O4S. The summed E-state index contributed by atoms with van der Waals surface area (Å²) in [6, 6.07) is 0. The van der Waals surface area contributed by atoms with E-state index in [0.29, 0.717) is 0 Å². The van der Waals surface area contributed by atoms with E-state index in [9.17, 15) is 21.6 Å². The Morgan fingerprint density at radius 2 is 1.94 bits per heavy atom. The Labute approximate surface area is 91.0 Å². The van der Waals surface area contributed by atoms with Crippen molar-refractivity contribution in [1.82, 2.24) is 9.44 Å². The molecule has 0 saturated carbocycles. The van der Waals surface area contributed by atoms with E-state index in [0.717, 1.165) is 0 Å². The molecule has 0 aliphatic heterocycles. The van der Waals surface area contributed by atoms with Crippen LogP contribution in [0.1, 0.15) is 0 Å². The fourth-order valence-electron chi connectivity index (χ4n) is 0.685. The first-order valence-corrected chi connectivity index (χ1v) is 5.62. The molecule has 0 radical (unpaired) electrons. The highest BCUT2D eigenvalue weighted by Gasteiger charge is 2.29. The molecule has 0 rings (SSSR count). The van der Waals surface area contributed by atoms with Gasteiger partial charge in [0.1, 0.15) is 6.54 Å². The molecule has 0 aromatic heterocycles. The first-order valence-electron chi connectivity index (χ1n) is 4.14. The number of ether oxygens (including phenoxy) is 1. The summed E-state index contributed by atoms with van der Waals surface area (Å²) in [6.07, 6.45) is -5.74. The van der Waals surface area contributed by atoms with Gasteiger partial charge in [0.05, 0.1) is 12.7 Å². The van der Waals surface area contributed by atoms with E-state index in [1.807, 2.05) is 0 Å². The van der Waals surface area contributed by atoms with Crippen LogP contribution in [-0.4, -0.2) is 52.6 Å². The van der Waals surface area contributed by atoms with Crippen LogP contribution in [0.15, 0.2) is 0 Å². The molecule has 3 N–H and O–H groups in total. The van der Waals surface area contributed by atoms with Crippen molar-refractivity contribution in [3.05, 3.63) is 0 Å². The third kappa shape index (κ3) is 8.85. The van der Waals surface area contributed by atoms with Gasteiger partial charge in [0.25, 0.3) is 10.2 Å². The van der Waals surface area contributed by atoms with Crippen molar-refractivity contribution in [3.63, 3.8) is 0 Å². The van der Waals surface area contributed by atoms with Gasteiger partial charge in [-0.05, 0) is 0 Å². The zero-order valence-electron chi connectivity index (χ0n) is 8.41. The molecule has 0 amide bonds. The lowest BCUT2D eigenvalue weighted by Gasteiger charge is -2.12. The van der Waals surface area contributed by atoms with E-state index in [-0.39, 0.29) is 6.61 Å². The fraction of sp³-hybridized carbons (Fsp3) is 1.00. The van der Waals surface area contributed by atoms with Gasteiger partial charge in [-0.1, -0.05) is 0 Å². The Hall–Kier alpha value is -0.420. The molecule has 1 atom stereocenters. The van der Waals surface area contributed by atoms with Gasteiger partial charge in [-0.15, -0.1) is 0 Å². The van der Waals surface area contributed by atoms with Gasteiger partial charge in [-0.3, -0.25) is 0 Å². The van der Waals surface area contributed by atoms with Crippen LogP contribution >= 0.6 is 0 Å². The van der Waals surface area contributed by atoms with Crippen LogP contribution < -0.4 is 9.44 Å². The van der Waals surface area contributed by atoms with Gasteiger partial charge in [-0.2, -0.15) is 31.0 Å². The minimum absolute atomic E-state index is 0.123. The lowest BCUT2D eigenvalue weighted by Crippen LogP contribution is -2.44. The van der Waals surface area contributed by atoms with Gasteiger partial charge in [0.15, 0.2) is 0 Å². The standard InChI is InChI=1S/C6H13F3N2O4S/c1-15-3-5(12)2-10-16(13,14)11-4-6(7,8)9/h5,10-12H,2-4H2,1H3. The summed E-state index contributed by atoms with van der Waals surface area (Å²) in [7, 11) is -2.97. The minimum Gasteiger partial charge on any atom is -0.389 e. The third-order valence-corrected chi connectivity index (χ3v) is 2.40. The van der Waals surface area contributed by atoms with Crippen molar-refractivity contribution < 1.29 is 31.4 Å². The number of rotatable bonds is 7. The highest BCUT2D eigenvalue weighted by Crippen LogP contribution is 2.12. The third-order valence-electron chi connectivity index (χ3n) is 1.33. The van der Waals surface area contributed by atoms with Gasteiger partial charge >= 0.3 is 6.18 Å². The number of aliphatic hydroxyl groups is 1. The van der Waals surface area contributed by atoms with E-state index in [1.54, 1.807) is 4.72 Å². The van der Waals surface area contributed by atoms with Crippen LogP contribution in [0.25, 0.3) is 0 Å². The number of methoxy groups -OCH3 is 1. The number of halogens is 3. The highest BCUT2D eigenvalue weighted by atomic mass is 32.2. The van der Waals surface area contributed by atoms with Crippen molar-refractivity contribution in [3.8, 4) is 0 Å². The average molecular weight is 266 g/mol. The zero-order chi connectivity index (χ0) is 12.8. The molecule has 98 valence electrons. The predicted octanol–water partition coefficient (Wildman–Crippen LogP) is -1.02. The maximum Gasteiger partial charge on any atom is 0.402 e. The van der Waals surface area contributed by atoms with E-state index in [1.165, 1.54) is 11.8 Å². The van der Waals surface area contributed by atoms with Gasteiger partial charge in [-0.25, -0.2) is 0 Å². The zero-order valence-corrected chi connectivity index (χ0v) is 9.23. The molecule has 0 aromatic rings. The van der Waals surface area contributed by atoms with Crippen molar-refractivity contribution in [2.75, 3.05) is 26.8 Å². The highest BCUT2D eigenvalue weighted by molar-refractivity contribution is 7.87. The van der Waals surface area contributed by atoms with Crippen LogP contribution in [0.2, 0.25) is 0 Å². The number of hydrogen-bond donors (Lipinski definition) is 3. The quantitative estimate of drug-likeness (QED) is 0.550. The molecule has 0 aliphatic carbocycles. The van der Waals surface area contributed by atoms with E-state index >= 15 is 0 Å². The predicted molar refractivity (Wildman–Crippen MR) is 48.9 cm³/mol. The normalized spacial score (nSPS) is 15.1. The SMILES string of the molecule is COCC(O)CNS(=O)(=O)NCC(F)(F)F. The molecule has 10 heteroatoms. The van der Waals surface area contributed by atoms with Crippen LogP contribution in [0.3, 0.4) is 0 Å². The fourth-order valence-corrected chi connectivity index (χ4v) is 1.55. The topological polar surface area (TPSA) is 87.7 Å². The average Bonchev–Trinajstić information content (AvgIpc) is 2.12. The van der Waals surface area contributed by atoms with Crippen molar-refractivity contribution >= 4 is 10.2 Å². The largest absolute Gasteiger partial charge is 0.402 e. The van der Waals surface area contributed by atoms with E-state index < -0.39 is 35.6 Å². The summed E-state index contributed by atoms with van der Waals surface area (Å²) in [5, 5.41) is 9.04. The number of aliphatic hydroxyl groups excluding tert-OH is 1. The molecule has 0 fully saturated rings. The van der Waals surface area contributed by atoms with Gasteiger partial charge in [0.2, 0.25) is 0 Å². The lowest BCUT2D eigenvalue weighted by atomic mass is 10.4. The summed E-state index contributed by atoms with van der Waals surface area (Å²) < 4.78 is 64.4. The Bertz CT molecular complexity index is 293.